The highest BCUT2D eigenvalue weighted by molar-refractivity contribution is 5.95. The molecule has 2 aliphatic rings. The summed E-state index contributed by atoms with van der Waals surface area (Å²) in [5.74, 6) is -1.04. The molecule has 0 radical (unpaired) electrons. The maximum Gasteiger partial charge on any atom is 0.319 e. The molecule has 1 aromatic carbocycles. The largest absolute Gasteiger partial charge is 0.341 e. The summed E-state index contributed by atoms with van der Waals surface area (Å²) in [6, 6.07) is 9.41. The Morgan fingerprint density at radius 3 is 2.40 bits per heavy atom. The first-order valence-electron chi connectivity index (χ1n) is 10.4. The van der Waals surface area contributed by atoms with Gasteiger partial charge < -0.3 is 10.2 Å². The number of carbonyl (C=O) groups excluding carboxylic acids is 2. The van der Waals surface area contributed by atoms with Gasteiger partial charge in [-0.25, -0.2) is 9.18 Å². The van der Waals surface area contributed by atoms with E-state index in [0.29, 0.717) is 6.42 Å². The quantitative estimate of drug-likeness (QED) is 0.810. The fourth-order valence-corrected chi connectivity index (χ4v) is 5.16. The molecule has 1 heterocycles. The lowest BCUT2D eigenvalue weighted by Crippen LogP contribution is -2.63. The molecule has 30 heavy (non-hydrogen) atoms. The van der Waals surface area contributed by atoms with Crippen LogP contribution in [-0.2, 0) is 11.2 Å². The molecular formula is C24H32FN3O2. The second-order valence-electron chi connectivity index (χ2n) is 9.46. The molecule has 1 aliphatic heterocycles. The highest BCUT2D eigenvalue weighted by atomic mass is 19.1. The van der Waals surface area contributed by atoms with Gasteiger partial charge in [-0.2, -0.15) is 0 Å². The maximum atomic E-state index is 14.0. The Bertz CT molecular complexity index is 874. The number of hydrogen-bond acceptors (Lipinski definition) is 2. The second-order valence-corrected chi connectivity index (χ2v) is 9.46. The van der Waals surface area contributed by atoms with E-state index in [0.717, 1.165) is 5.56 Å². The molecule has 1 N–H and O–H groups in total. The summed E-state index contributed by atoms with van der Waals surface area (Å²) in [5, 5.41) is 2.75. The van der Waals surface area contributed by atoms with Crippen LogP contribution in [0.2, 0.25) is 0 Å². The second kappa shape index (κ2) is 7.89. The maximum absolute atomic E-state index is 14.0. The van der Waals surface area contributed by atoms with Gasteiger partial charge in [0.05, 0.1) is 0 Å². The number of amides is 3. The minimum atomic E-state index is -1.17. The van der Waals surface area contributed by atoms with E-state index >= 15 is 0 Å². The average Bonchev–Trinajstić information content (AvgIpc) is 2.90. The SMILES string of the molecule is CNC(=O)N1C(C(C)(C)C)N(C)C(=O)C1(Cc1ccccc1)C1C=CC(F)=CC1C. The number of halogens is 1. The van der Waals surface area contributed by atoms with E-state index in [-0.39, 0.29) is 35.0 Å². The highest BCUT2D eigenvalue weighted by Gasteiger charge is 2.64. The minimum absolute atomic E-state index is 0.118. The van der Waals surface area contributed by atoms with Crippen molar-refractivity contribution in [1.82, 2.24) is 15.1 Å². The topological polar surface area (TPSA) is 52.7 Å². The molecule has 1 aromatic rings. The van der Waals surface area contributed by atoms with Crippen molar-refractivity contribution in [3.8, 4) is 0 Å². The lowest BCUT2D eigenvalue weighted by molar-refractivity contribution is -0.135. The molecule has 4 unspecified atom stereocenters. The summed E-state index contributed by atoms with van der Waals surface area (Å²) in [5.41, 5.74) is -0.586. The molecular weight excluding hydrogens is 381 g/mol. The lowest BCUT2D eigenvalue weighted by Gasteiger charge is -2.46. The van der Waals surface area contributed by atoms with Crippen molar-refractivity contribution in [3.63, 3.8) is 0 Å². The van der Waals surface area contributed by atoms with E-state index in [4.69, 9.17) is 0 Å². The molecule has 0 aromatic heterocycles. The van der Waals surface area contributed by atoms with Crippen molar-refractivity contribution in [2.24, 2.45) is 17.3 Å². The zero-order chi connectivity index (χ0) is 22.3. The van der Waals surface area contributed by atoms with Crippen LogP contribution in [0, 0.1) is 17.3 Å². The summed E-state index contributed by atoms with van der Waals surface area (Å²) >= 11 is 0. The number of likely N-dealkylation sites (N-methyl/N-ethyl adjacent to an activating group) is 1. The number of nitrogens with one attached hydrogen (secondary N) is 1. The molecule has 3 amide bonds. The van der Waals surface area contributed by atoms with Gasteiger partial charge in [0, 0.05) is 31.8 Å². The Hall–Kier alpha value is -2.63. The first-order chi connectivity index (χ1) is 14.0. The summed E-state index contributed by atoms with van der Waals surface area (Å²) in [6.07, 6.45) is 4.63. The number of carbonyl (C=O) groups is 2. The summed E-state index contributed by atoms with van der Waals surface area (Å²) in [4.78, 5) is 30.7. The molecule has 0 spiro atoms. The summed E-state index contributed by atoms with van der Waals surface area (Å²) < 4.78 is 14.0. The highest BCUT2D eigenvalue weighted by Crippen LogP contribution is 2.48. The van der Waals surface area contributed by atoms with Crippen molar-refractivity contribution in [1.29, 1.82) is 0 Å². The first kappa shape index (κ1) is 22.1. The van der Waals surface area contributed by atoms with Gasteiger partial charge in [-0.3, -0.25) is 9.69 Å². The van der Waals surface area contributed by atoms with Gasteiger partial charge in [-0.05, 0) is 23.6 Å². The van der Waals surface area contributed by atoms with Crippen LogP contribution in [0.15, 0.2) is 54.4 Å². The lowest BCUT2D eigenvalue weighted by atomic mass is 9.70. The normalized spacial score (nSPS) is 29.2. The molecule has 0 saturated carbocycles. The molecule has 6 heteroatoms. The Labute approximate surface area is 178 Å². The van der Waals surface area contributed by atoms with Crippen LogP contribution in [0.5, 0.6) is 0 Å². The number of hydrogen-bond donors (Lipinski definition) is 1. The van der Waals surface area contributed by atoms with Crippen molar-refractivity contribution in [2.75, 3.05) is 14.1 Å². The number of allylic oxidation sites excluding steroid dienone is 3. The van der Waals surface area contributed by atoms with Gasteiger partial charge in [-0.15, -0.1) is 0 Å². The van der Waals surface area contributed by atoms with Gasteiger partial charge in [-0.1, -0.05) is 64.1 Å². The standard InChI is InChI=1S/C24H32FN3O2/c1-16-14-18(25)12-13-19(16)24(15-17-10-8-7-9-11-17)21(29)27(6)20(23(2,3)4)28(24)22(30)26-5/h7-14,16,19-20H,15H2,1-6H3,(H,26,30). The van der Waals surface area contributed by atoms with Gasteiger partial charge in [0.2, 0.25) is 0 Å². The third kappa shape index (κ3) is 3.53. The third-order valence-corrected chi connectivity index (χ3v) is 6.26. The molecule has 3 rings (SSSR count). The summed E-state index contributed by atoms with van der Waals surface area (Å²) in [6.45, 7) is 7.97. The first-order valence-corrected chi connectivity index (χ1v) is 10.4. The molecule has 162 valence electrons. The van der Waals surface area contributed by atoms with Crippen molar-refractivity contribution in [2.45, 2.75) is 45.8 Å². The average molecular weight is 414 g/mol. The Kier molecular flexibility index (Phi) is 5.81. The number of rotatable bonds is 3. The van der Waals surface area contributed by atoms with Crippen molar-refractivity contribution >= 4 is 11.9 Å². The minimum Gasteiger partial charge on any atom is -0.341 e. The van der Waals surface area contributed by atoms with Crippen LogP contribution in [0.3, 0.4) is 0 Å². The van der Waals surface area contributed by atoms with E-state index in [1.165, 1.54) is 12.2 Å². The smallest absolute Gasteiger partial charge is 0.319 e. The van der Waals surface area contributed by atoms with E-state index in [1.807, 2.05) is 58.0 Å². The number of nitrogens with zero attached hydrogens (tertiary/aromatic N) is 2. The fourth-order valence-electron chi connectivity index (χ4n) is 5.16. The Morgan fingerprint density at radius 2 is 1.87 bits per heavy atom. The monoisotopic (exact) mass is 413 g/mol. The van der Waals surface area contributed by atoms with E-state index in [2.05, 4.69) is 5.32 Å². The predicted octanol–water partition coefficient (Wildman–Crippen LogP) is 4.13. The zero-order valence-electron chi connectivity index (χ0n) is 18.6. The van der Waals surface area contributed by atoms with Crippen LogP contribution >= 0.6 is 0 Å². The van der Waals surface area contributed by atoms with Gasteiger partial charge >= 0.3 is 6.03 Å². The third-order valence-electron chi connectivity index (χ3n) is 6.26. The molecule has 0 bridgehead atoms. The molecule has 1 aliphatic carbocycles. The van der Waals surface area contributed by atoms with Crippen molar-refractivity contribution < 1.29 is 14.0 Å². The molecule has 4 atom stereocenters. The number of benzene rings is 1. The van der Waals surface area contributed by atoms with Crippen molar-refractivity contribution in [3.05, 3.63) is 60.0 Å². The van der Waals surface area contributed by atoms with E-state index in [1.54, 1.807) is 30.0 Å². The van der Waals surface area contributed by atoms with Crippen LogP contribution in [-0.4, -0.2) is 47.5 Å². The van der Waals surface area contributed by atoms with Crippen LogP contribution < -0.4 is 5.32 Å². The molecule has 5 nitrogen and oxygen atoms in total. The Morgan fingerprint density at radius 1 is 1.23 bits per heavy atom. The summed E-state index contributed by atoms with van der Waals surface area (Å²) in [7, 11) is 3.34. The van der Waals surface area contributed by atoms with E-state index < -0.39 is 11.7 Å². The van der Waals surface area contributed by atoms with Crippen LogP contribution in [0.25, 0.3) is 0 Å². The van der Waals surface area contributed by atoms with Gasteiger partial charge in [0.25, 0.3) is 5.91 Å². The van der Waals surface area contributed by atoms with E-state index in [9.17, 15) is 14.0 Å². The Balaban J connectivity index is 2.26. The van der Waals surface area contributed by atoms with Crippen LogP contribution in [0.4, 0.5) is 9.18 Å². The molecule has 1 fully saturated rings. The van der Waals surface area contributed by atoms with Gasteiger partial charge in [0.1, 0.15) is 17.5 Å². The fraction of sp³-hybridized carbons (Fsp3) is 0.500. The number of urea groups is 1. The zero-order valence-corrected chi connectivity index (χ0v) is 18.6. The predicted molar refractivity (Wildman–Crippen MR) is 116 cm³/mol. The van der Waals surface area contributed by atoms with Crippen LogP contribution in [0.1, 0.15) is 33.3 Å². The van der Waals surface area contributed by atoms with Gasteiger partial charge in [0.15, 0.2) is 0 Å². The molecule has 1 saturated heterocycles.